The standard InChI is InChI=1S/C19H33NO4/c21-12-14-23-17-7-13-24-19(15-17)8-10-20(11-9-19)18(22)6-5-16-3-1-2-4-16/h16-17,21H,1-15H2. The van der Waals surface area contributed by atoms with Gasteiger partial charge in [-0.15, -0.1) is 0 Å². The highest BCUT2D eigenvalue weighted by Crippen LogP contribution is 2.36. The van der Waals surface area contributed by atoms with Gasteiger partial charge in [0.2, 0.25) is 5.91 Å². The number of carbonyl (C=O) groups excluding carboxylic acids is 1. The molecule has 1 unspecified atom stereocenters. The molecule has 2 aliphatic heterocycles. The van der Waals surface area contributed by atoms with Crippen LogP contribution >= 0.6 is 0 Å². The van der Waals surface area contributed by atoms with Crippen molar-refractivity contribution < 1.29 is 19.4 Å². The Morgan fingerprint density at radius 2 is 1.96 bits per heavy atom. The van der Waals surface area contributed by atoms with Gasteiger partial charge in [-0.1, -0.05) is 25.7 Å². The van der Waals surface area contributed by atoms with Gasteiger partial charge in [-0.25, -0.2) is 0 Å². The van der Waals surface area contributed by atoms with Crippen molar-refractivity contribution in [2.45, 2.75) is 75.9 Å². The van der Waals surface area contributed by atoms with Crippen LogP contribution in [-0.4, -0.2) is 60.5 Å². The fourth-order valence-corrected chi connectivity index (χ4v) is 4.64. The molecule has 3 rings (SSSR count). The molecule has 0 radical (unpaired) electrons. The highest BCUT2D eigenvalue weighted by Gasteiger charge is 2.41. The molecule has 3 aliphatic rings. The highest BCUT2D eigenvalue weighted by atomic mass is 16.5. The predicted octanol–water partition coefficient (Wildman–Crippen LogP) is 2.51. The van der Waals surface area contributed by atoms with Crippen molar-refractivity contribution in [2.24, 2.45) is 5.92 Å². The Labute approximate surface area is 145 Å². The third kappa shape index (κ3) is 4.70. The van der Waals surface area contributed by atoms with E-state index in [0.29, 0.717) is 12.5 Å². The third-order valence-corrected chi connectivity index (χ3v) is 6.16. The highest BCUT2D eigenvalue weighted by molar-refractivity contribution is 5.76. The van der Waals surface area contributed by atoms with Crippen molar-refractivity contribution in [3.63, 3.8) is 0 Å². The van der Waals surface area contributed by atoms with Crippen LogP contribution in [0, 0.1) is 5.92 Å². The Bertz CT molecular complexity index is 400. The molecule has 1 saturated carbocycles. The molecule has 1 N–H and O–H groups in total. The maximum Gasteiger partial charge on any atom is 0.222 e. The lowest BCUT2D eigenvalue weighted by Crippen LogP contribution is -2.52. The van der Waals surface area contributed by atoms with Gasteiger partial charge in [-0.3, -0.25) is 4.79 Å². The summed E-state index contributed by atoms with van der Waals surface area (Å²) in [7, 11) is 0. The number of aliphatic hydroxyl groups is 1. The van der Waals surface area contributed by atoms with Crippen LogP contribution in [0.2, 0.25) is 0 Å². The summed E-state index contributed by atoms with van der Waals surface area (Å²) >= 11 is 0. The van der Waals surface area contributed by atoms with Crippen LogP contribution < -0.4 is 0 Å². The van der Waals surface area contributed by atoms with Gasteiger partial charge in [-0.2, -0.15) is 0 Å². The van der Waals surface area contributed by atoms with E-state index in [4.69, 9.17) is 14.6 Å². The Balaban J connectivity index is 1.41. The maximum atomic E-state index is 12.5. The molecule has 138 valence electrons. The molecule has 1 amide bonds. The van der Waals surface area contributed by atoms with E-state index in [9.17, 15) is 4.79 Å². The molecule has 0 aromatic heterocycles. The first-order chi connectivity index (χ1) is 11.7. The van der Waals surface area contributed by atoms with Crippen molar-refractivity contribution >= 4 is 5.91 Å². The number of aliphatic hydroxyl groups excluding tert-OH is 1. The van der Waals surface area contributed by atoms with Gasteiger partial charge < -0.3 is 19.5 Å². The van der Waals surface area contributed by atoms with Crippen molar-refractivity contribution in [3.05, 3.63) is 0 Å². The second kappa shape index (κ2) is 8.63. The lowest BCUT2D eigenvalue weighted by atomic mass is 9.83. The van der Waals surface area contributed by atoms with E-state index < -0.39 is 0 Å². The molecular weight excluding hydrogens is 306 g/mol. The van der Waals surface area contributed by atoms with Gasteiger partial charge in [0.15, 0.2) is 0 Å². The first kappa shape index (κ1) is 18.2. The molecule has 2 heterocycles. The monoisotopic (exact) mass is 339 g/mol. The van der Waals surface area contributed by atoms with Crippen LogP contribution in [0.15, 0.2) is 0 Å². The fraction of sp³-hybridized carbons (Fsp3) is 0.947. The zero-order valence-corrected chi connectivity index (χ0v) is 14.9. The molecule has 5 nitrogen and oxygen atoms in total. The number of hydrogen-bond acceptors (Lipinski definition) is 4. The molecule has 3 fully saturated rings. The third-order valence-electron chi connectivity index (χ3n) is 6.16. The number of likely N-dealkylation sites (tertiary alicyclic amines) is 1. The van der Waals surface area contributed by atoms with Gasteiger partial charge in [0, 0.05) is 32.5 Å². The Morgan fingerprint density at radius 3 is 2.67 bits per heavy atom. The SMILES string of the molecule is O=C(CCC1CCCC1)N1CCC2(CC1)CC(OCCO)CCO2. The smallest absolute Gasteiger partial charge is 0.222 e. The molecule has 0 bridgehead atoms. The Morgan fingerprint density at radius 1 is 1.21 bits per heavy atom. The largest absolute Gasteiger partial charge is 0.394 e. The van der Waals surface area contributed by atoms with Crippen LogP contribution in [0.1, 0.15) is 64.2 Å². The summed E-state index contributed by atoms with van der Waals surface area (Å²) < 4.78 is 11.8. The zero-order chi connectivity index (χ0) is 16.8. The van der Waals surface area contributed by atoms with Crippen LogP contribution in [0.3, 0.4) is 0 Å². The lowest BCUT2D eigenvalue weighted by molar-refractivity contribution is -0.162. The lowest BCUT2D eigenvalue weighted by Gasteiger charge is -2.46. The molecule has 1 spiro atoms. The summed E-state index contributed by atoms with van der Waals surface area (Å²) in [4.78, 5) is 14.5. The minimum atomic E-state index is -0.111. The van der Waals surface area contributed by atoms with E-state index in [-0.39, 0.29) is 18.3 Å². The molecule has 5 heteroatoms. The van der Waals surface area contributed by atoms with E-state index in [1.54, 1.807) is 0 Å². The fourth-order valence-electron chi connectivity index (χ4n) is 4.64. The van der Waals surface area contributed by atoms with Crippen LogP contribution in [0.4, 0.5) is 0 Å². The van der Waals surface area contributed by atoms with Crippen LogP contribution in [-0.2, 0) is 14.3 Å². The average molecular weight is 339 g/mol. The quantitative estimate of drug-likeness (QED) is 0.808. The molecule has 2 saturated heterocycles. The summed E-state index contributed by atoms with van der Waals surface area (Å²) in [5, 5.41) is 8.92. The summed E-state index contributed by atoms with van der Waals surface area (Å²) in [5.74, 6) is 1.12. The Kier molecular flexibility index (Phi) is 6.53. The van der Waals surface area contributed by atoms with Crippen LogP contribution in [0.5, 0.6) is 0 Å². The van der Waals surface area contributed by atoms with Crippen LogP contribution in [0.25, 0.3) is 0 Å². The van der Waals surface area contributed by atoms with E-state index in [0.717, 1.165) is 64.1 Å². The number of hydrogen-bond donors (Lipinski definition) is 1. The van der Waals surface area contributed by atoms with Gasteiger partial charge in [0.25, 0.3) is 0 Å². The summed E-state index contributed by atoms with van der Waals surface area (Å²) in [6, 6.07) is 0. The topological polar surface area (TPSA) is 59.0 Å². The minimum Gasteiger partial charge on any atom is -0.394 e. The Hall–Kier alpha value is -0.650. The number of ether oxygens (including phenoxy) is 2. The van der Waals surface area contributed by atoms with Crippen molar-refractivity contribution in [3.8, 4) is 0 Å². The molecular formula is C19H33NO4. The zero-order valence-electron chi connectivity index (χ0n) is 14.9. The van der Waals surface area contributed by atoms with Gasteiger partial charge in [0.05, 0.1) is 24.9 Å². The second-order valence-electron chi connectivity index (χ2n) is 7.81. The second-order valence-corrected chi connectivity index (χ2v) is 7.81. The van der Waals surface area contributed by atoms with E-state index in [1.165, 1.54) is 25.7 Å². The molecule has 0 aromatic rings. The van der Waals surface area contributed by atoms with Crippen molar-refractivity contribution in [1.82, 2.24) is 4.90 Å². The summed E-state index contributed by atoms with van der Waals surface area (Å²) in [5.41, 5.74) is -0.111. The normalized spacial score (nSPS) is 27.7. The predicted molar refractivity (Wildman–Crippen MR) is 91.7 cm³/mol. The summed E-state index contributed by atoms with van der Waals surface area (Å²) in [6.45, 7) is 2.85. The number of amides is 1. The molecule has 1 atom stereocenters. The first-order valence-electron chi connectivity index (χ1n) is 9.85. The number of piperidine rings is 1. The van der Waals surface area contributed by atoms with Crippen molar-refractivity contribution in [2.75, 3.05) is 32.9 Å². The van der Waals surface area contributed by atoms with Gasteiger partial charge in [-0.05, 0) is 31.6 Å². The van der Waals surface area contributed by atoms with E-state index in [2.05, 4.69) is 0 Å². The van der Waals surface area contributed by atoms with E-state index >= 15 is 0 Å². The van der Waals surface area contributed by atoms with Gasteiger partial charge in [0.1, 0.15) is 0 Å². The van der Waals surface area contributed by atoms with E-state index in [1.807, 2.05) is 4.90 Å². The molecule has 1 aliphatic carbocycles. The first-order valence-corrected chi connectivity index (χ1v) is 9.85. The number of rotatable bonds is 6. The number of nitrogens with zero attached hydrogens (tertiary/aromatic N) is 1. The van der Waals surface area contributed by atoms with Crippen molar-refractivity contribution in [1.29, 1.82) is 0 Å². The molecule has 24 heavy (non-hydrogen) atoms. The minimum absolute atomic E-state index is 0.0770. The number of carbonyl (C=O) groups is 1. The maximum absolute atomic E-state index is 12.5. The van der Waals surface area contributed by atoms with Gasteiger partial charge >= 0.3 is 0 Å². The average Bonchev–Trinajstić information content (AvgIpc) is 3.12. The summed E-state index contributed by atoms with van der Waals surface area (Å²) in [6.07, 6.45) is 11.0. The molecule has 0 aromatic carbocycles.